The monoisotopic (exact) mass is 191 g/mol. The van der Waals surface area contributed by atoms with Crippen LogP contribution < -0.4 is 0 Å². The van der Waals surface area contributed by atoms with Gasteiger partial charge in [0.05, 0.1) is 10.5 Å². The molecule has 1 aromatic carbocycles. The van der Waals surface area contributed by atoms with E-state index in [1.165, 1.54) is 11.1 Å². The van der Waals surface area contributed by atoms with Crippen LogP contribution >= 0.6 is 11.6 Å². The van der Waals surface area contributed by atoms with Crippen molar-refractivity contribution in [3.63, 3.8) is 0 Å². The van der Waals surface area contributed by atoms with Gasteiger partial charge >= 0.3 is 0 Å². The van der Waals surface area contributed by atoms with E-state index in [4.69, 9.17) is 11.6 Å². The number of hydrogen-bond donors (Lipinski definition) is 0. The van der Waals surface area contributed by atoms with Crippen LogP contribution in [-0.4, -0.2) is 4.98 Å². The molecule has 2 aromatic rings. The minimum atomic E-state index is 0.735. The Hall–Kier alpha value is -1.08. The van der Waals surface area contributed by atoms with Crippen LogP contribution in [0.25, 0.3) is 10.9 Å². The summed E-state index contributed by atoms with van der Waals surface area (Å²) in [5.41, 5.74) is 3.29. The quantitative estimate of drug-likeness (QED) is 0.621. The maximum Gasteiger partial charge on any atom is 0.0890 e. The lowest BCUT2D eigenvalue weighted by Gasteiger charge is -2.03. The van der Waals surface area contributed by atoms with Crippen LogP contribution in [0.2, 0.25) is 5.02 Å². The van der Waals surface area contributed by atoms with Gasteiger partial charge in [-0.15, -0.1) is 0 Å². The lowest BCUT2D eigenvalue weighted by molar-refractivity contribution is 1.35. The predicted octanol–water partition coefficient (Wildman–Crippen LogP) is 3.51. The third kappa shape index (κ3) is 1.40. The average Bonchev–Trinajstić information content (AvgIpc) is 2.07. The second-order valence-electron chi connectivity index (χ2n) is 3.27. The van der Waals surface area contributed by atoms with Crippen LogP contribution in [0.15, 0.2) is 24.4 Å². The molecule has 1 aromatic heterocycles. The van der Waals surface area contributed by atoms with Crippen molar-refractivity contribution >= 4 is 22.5 Å². The molecule has 0 N–H and O–H groups in total. The van der Waals surface area contributed by atoms with E-state index in [9.17, 15) is 0 Å². The Labute approximate surface area is 82.4 Å². The van der Waals surface area contributed by atoms with Gasteiger partial charge in [0, 0.05) is 11.6 Å². The zero-order valence-electron chi connectivity index (χ0n) is 7.63. The molecular formula is C11H10ClN. The van der Waals surface area contributed by atoms with Crippen LogP contribution in [0.3, 0.4) is 0 Å². The van der Waals surface area contributed by atoms with Gasteiger partial charge < -0.3 is 0 Å². The van der Waals surface area contributed by atoms with Gasteiger partial charge in [0.2, 0.25) is 0 Å². The lowest BCUT2D eigenvalue weighted by atomic mass is 10.1. The first kappa shape index (κ1) is 8.52. The van der Waals surface area contributed by atoms with Gasteiger partial charge in [0.25, 0.3) is 0 Å². The summed E-state index contributed by atoms with van der Waals surface area (Å²) in [6, 6.07) is 6.05. The van der Waals surface area contributed by atoms with E-state index in [-0.39, 0.29) is 0 Å². The zero-order valence-corrected chi connectivity index (χ0v) is 8.39. The molecule has 0 aliphatic rings. The second-order valence-corrected chi connectivity index (χ2v) is 3.68. The maximum atomic E-state index is 6.07. The molecule has 1 nitrogen and oxygen atoms in total. The molecule has 0 atom stereocenters. The summed E-state index contributed by atoms with van der Waals surface area (Å²) in [7, 11) is 0. The van der Waals surface area contributed by atoms with Crippen molar-refractivity contribution in [1.29, 1.82) is 0 Å². The Bertz CT molecular complexity index is 463. The molecule has 2 heteroatoms. The standard InChI is InChI=1S/C11H10ClN/c1-7-5-9-8(2)3-4-13-11(9)10(12)6-7/h3-6H,1-2H3. The van der Waals surface area contributed by atoms with Gasteiger partial charge in [-0.3, -0.25) is 4.98 Å². The highest BCUT2D eigenvalue weighted by Crippen LogP contribution is 2.25. The Morgan fingerprint density at radius 2 is 2.00 bits per heavy atom. The Kier molecular flexibility index (Phi) is 1.97. The van der Waals surface area contributed by atoms with Crippen molar-refractivity contribution in [3.8, 4) is 0 Å². The number of fused-ring (bicyclic) bond motifs is 1. The third-order valence-corrected chi connectivity index (χ3v) is 2.45. The van der Waals surface area contributed by atoms with E-state index in [0.29, 0.717) is 0 Å². The number of halogens is 1. The zero-order chi connectivity index (χ0) is 9.42. The minimum Gasteiger partial charge on any atom is -0.255 e. The minimum absolute atomic E-state index is 0.735. The molecule has 0 radical (unpaired) electrons. The molecule has 0 aliphatic carbocycles. The van der Waals surface area contributed by atoms with Gasteiger partial charge in [-0.2, -0.15) is 0 Å². The molecule has 0 unspecified atom stereocenters. The fraction of sp³-hybridized carbons (Fsp3) is 0.182. The molecule has 0 saturated heterocycles. The average molecular weight is 192 g/mol. The van der Waals surface area contributed by atoms with Crippen molar-refractivity contribution < 1.29 is 0 Å². The van der Waals surface area contributed by atoms with Crippen molar-refractivity contribution in [3.05, 3.63) is 40.5 Å². The number of hydrogen-bond acceptors (Lipinski definition) is 1. The van der Waals surface area contributed by atoms with Crippen molar-refractivity contribution in [2.24, 2.45) is 0 Å². The first-order valence-electron chi connectivity index (χ1n) is 4.20. The van der Waals surface area contributed by atoms with Gasteiger partial charge in [-0.1, -0.05) is 11.6 Å². The molecule has 1 heterocycles. The molecule has 0 aliphatic heterocycles. The Balaban J connectivity index is 2.94. The van der Waals surface area contributed by atoms with E-state index >= 15 is 0 Å². The molecule has 0 fully saturated rings. The Morgan fingerprint density at radius 3 is 2.77 bits per heavy atom. The molecule has 0 spiro atoms. The molecular weight excluding hydrogens is 182 g/mol. The first-order chi connectivity index (χ1) is 6.18. The summed E-state index contributed by atoms with van der Waals surface area (Å²) in [5, 5.41) is 1.88. The maximum absolute atomic E-state index is 6.07. The normalized spacial score (nSPS) is 10.7. The van der Waals surface area contributed by atoms with Gasteiger partial charge in [-0.25, -0.2) is 0 Å². The highest BCUT2D eigenvalue weighted by Gasteiger charge is 2.02. The van der Waals surface area contributed by atoms with Crippen molar-refractivity contribution in [1.82, 2.24) is 4.98 Å². The van der Waals surface area contributed by atoms with Crippen LogP contribution in [0.1, 0.15) is 11.1 Å². The van der Waals surface area contributed by atoms with Crippen LogP contribution in [0.4, 0.5) is 0 Å². The summed E-state index contributed by atoms with van der Waals surface area (Å²) in [6.45, 7) is 4.11. The summed E-state index contributed by atoms with van der Waals surface area (Å²) in [6.07, 6.45) is 1.79. The van der Waals surface area contributed by atoms with Gasteiger partial charge in [0.1, 0.15) is 0 Å². The molecule has 0 amide bonds. The predicted molar refractivity (Wildman–Crippen MR) is 56.2 cm³/mol. The number of pyridine rings is 1. The number of nitrogens with zero attached hydrogens (tertiary/aromatic N) is 1. The van der Waals surface area contributed by atoms with E-state index in [2.05, 4.69) is 18.0 Å². The van der Waals surface area contributed by atoms with E-state index in [1.807, 2.05) is 19.1 Å². The van der Waals surface area contributed by atoms with Crippen LogP contribution in [0, 0.1) is 13.8 Å². The first-order valence-corrected chi connectivity index (χ1v) is 4.58. The van der Waals surface area contributed by atoms with E-state index < -0.39 is 0 Å². The number of rotatable bonds is 0. The fourth-order valence-corrected chi connectivity index (χ4v) is 1.80. The third-order valence-electron chi connectivity index (χ3n) is 2.16. The summed E-state index contributed by atoms with van der Waals surface area (Å²) in [5.74, 6) is 0. The topological polar surface area (TPSA) is 12.9 Å². The SMILES string of the molecule is Cc1cc(Cl)c2nccc(C)c2c1. The molecule has 0 saturated carbocycles. The fourth-order valence-electron chi connectivity index (χ4n) is 1.48. The number of benzene rings is 1. The van der Waals surface area contributed by atoms with Gasteiger partial charge in [-0.05, 0) is 43.2 Å². The molecule has 66 valence electrons. The van der Waals surface area contributed by atoms with E-state index in [0.717, 1.165) is 15.9 Å². The molecule has 0 bridgehead atoms. The smallest absolute Gasteiger partial charge is 0.0890 e. The number of aromatic nitrogens is 1. The van der Waals surface area contributed by atoms with Crippen LogP contribution in [0.5, 0.6) is 0 Å². The van der Waals surface area contributed by atoms with Crippen molar-refractivity contribution in [2.45, 2.75) is 13.8 Å². The van der Waals surface area contributed by atoms with Crippen LogP contribution in [-0.2, 0) is 0 Å². The van der Waals surface area contributed by atoms with Crippen molar-refractivity contribution in [2.75, 3.05) is 0 Å². The summed E-state index contributed by atoms with van der Waals surface area (Å²) >= 11 is 6.07. The summed E-state index contributed by atoms with van der Waals surface area (Å²) in [4.78, 5) is 4.25. The summed E-state index contributed by atoms with van der Waals surface area (Å²) < 4.78 is 0. The highest BCUT2D eigenvalue weighted by atomic mass is 35.5. The second kappa shape index (κ2) is 3.00. The molecule has 2 rings (SSSR count). The number of aryl methyl sites for hydroxylation is 2. The van der Waals surface area contributed by atoms with E-state index in [1.54, 1.807) is 6.20 Å². The molecule has 13 heavy (non-hydrogen) atoms. The highest BCUT2D eigenvalue weighted by molar-refractivity contribution is 6.35. The largest absolute Gasteiger partial charge is 0.255 e. The lowest BCUT2D eigenvalue weighted by Crippen LogP contribution is -1.84. The Morgan fingerprint density at radius 1 is 1.23 bits per heavy atom. The van der Waals surface area contributed by atoms with Gasteiger partial charge in [0.15, 0.2) is 0 Å².